The van der Waals surface area contributed by atoms with Crippen molar-refractivity contribution in [2.75, 3.05) is 23.7 Å². The number of amides is 2. The number of rotatable bonds is 11. The number of aryl methyl sites for hydroxylation is 2. The van der Waals surface area contributed by atoms with Crippen LogP contribution in [0.1, 0.15) is 62.1 Å². The van der Waals surface area contributed by atoms with Crippen molar-refractivity contribution in [1.29, 1.82) is 0 Å². The van der Waals surface area contributed by atoms with E-state index in [9.17, 15) is 18.0 Å². The van der Waals surface area contributed by atoms with Crippen LogP contribution in [0.15, 0.2) is 48.5 Å². The van der Waals surface area contributed by atoms with Crippen LogP contribution < -0.4 is 9.62 Å². The van der Waals surface area contributed by atoms with Gasteiger partial charge in [0.2, 0.25) is 21.8 Å². The van der Waals surface area contributed by atoms with Crippen LogP contribution in [0.5, 0.6) is 0 Å². The molecule has 0 saturated heterocycles. The van der Waals surface area contributed by atoms with Crippen LogP contribution in [0.25, 0.3) is 0 Å². The zero-order valence-electron chi connectivity index (χ0n) is 22.6. The minimum Gasteiger partial charge on any atom is -0.352 e. The zero-order valence-corrected chi connectivity index (χ0v) is 23.4. The number of carbonyl (C=O) groups excluding carboxylic acids is 2. The third kappa shape index (κ3) is 7.81. The largest absolute Gasteiger partial charge is 0.352 e. The van der Waals surface area contributed by atoms with Gasteiger partial charge < -0.3 is 10.2 Å². The molecule has 0 unspecified atom stereocenters. The second-order valence-corrected chi connectivity index (χ2v) is 12.0. The van der Waals surface area contributed by atoms with Gasteiger partial charge in [-0.2, -0.15) is 0 Å². The van der Waals surface area contributed by atoms with Crippen molar-refractivity contribution >= 4 is 27.5 Å². The Hall–Kier alpha value is -2.87. The summed E-state index contributed by atoms with van der Waals surface area (Å²) in [5.74, 6) is -0.538. The molecular weight excluding hydrogens is 486 g/mol. The van der Waals surface area contributed by atoms with E-state index in [1.807, 2.05) is 69.3 Å². The average molecular weight is 528 g/mol. The Morgan fingerprint density at radius 3 is 2.16 bits per heavy atom. The fraction of sp³-hybridized carbons (Fsp3) is 0.517. The summed E-state index contributed by atoms with van der Waals surface area (Å²) in [6, 6.07) is 14.8. The summed E-state index contributed by atoms with van der Waals surface area (Å²) in [6.45, 7) is 5.54. The predicted molar refractivity (Wildman–Crippen MR) is 149 cm³/mol. The quantitative estimate of drug-likeness (QED) is 0.470. The summed E-state index contributed by atoms with van der Waals surface area (Å²) < 4.78 is 27.0. The molecule has 2 amide bonds. The first-order valence-corrected chi connectivity index (χ1v) is 15.1. The molecule has 0 heterocycles. The molecule has 1 fully saturated rings. The van der Waals surface area contributed by atoms with Gasteiger partial charge >= 0.3 is 0 Å². The monoisotopic (exact) mass is 527 g/mol. The number of nitrogens with zero attached hydrogens (tertiary/aromatic N) is 2. The number of sulfonamides is 1. The third-order valence-electron chi connectivity index (χ3n) is 7.19. The number of para-hydroxylation sites is 1. The first-order valence-electron chi connectivity index (χ1n) is 13.3. The molecule has 8 heteroatoms. The molecule has 0 aliphatic heterocycles. The lowest BCUT2D eigenvalue weighted by molar-refractivity contribution is -0.140. The van der Waals surface area contributed by atoms with Crippen molar-refractivity contribution in [1.82, 2.24) is 10.2 Å². The summed E-state index contributed by atoms with van der Waals surface area (Å²) in [7, 11) is -3.75. The molecule has 0 radical (unpaired) electrons. The number of hydrogen-bond acceptors (Lipinski definition) is 4. The molecule has 1 saturated carbocycles. The molecule has 0 spiro atoms. The summed E-state index contributed by atoms with van der Waals surface area (Å²) in [5.41, 5.74) is 3.12. The fourth-order valence-corrected chi connectivity index (χ4v) is 6.18. The van der Waals surface area contributed by atoms with Crippen molar-refractivity contribution in [2.45, 2.75) is 77.8 Å². The van der Waals surface area contributed by atoms with Crippen LogP contribution in [-0.4, -0.2) is 56.6 Å². The molecular formula is C29H41N3O4S. The Kier molecular flexibility index (Phi) is 10.1. The SMILES string of the molecule is CC[C@H](C(=O)NC1CCCCC1)N(CCc1ccccc1)C(=O)CN(c1c(C)cccc1C)S(C)(=O)=O. The third-order valence-corrected chi connectivity index (χ3v) is 8.30. The summed E-state index contributed by atoms with van der Waals surface area (Å²) >= 11 is 0. The Bertz CT molecular complexity index is 1140. The van der Waals surface area contributed by atoms with Crippen LogP contribution >= 0.6 is 0 Å². The Morgan fingerprint density at radius 2 is 1.59 bits per heavy atom. The maximum absolute atomic E-state index is 13.9. The van der Waals surface area contributed by atoms with Gasteiger partial charge in [-0.15, -0.1) is 0 Å². The number of hydrogen-bond donors (Lipinski definition) is 1. The van der Waals surface area contributed by atoms with Crippen LogP contribution in [0, 0.1) is 13.8 Å². The zero-order chi connectivity index (χ0) is 27.0. The van der Waals surface area contributed by atoms with Crippen LogP contribution in [0.3, 0.4) is 0 Å². The van der Waals surface area contributed by atoms with Gasteiger partial charge in [0.25, 0.3) is 0 Å². The molecule has 37 heavy (non-hydrogen) atoms. The van der Waals surface area contributed by atoms with Crippen LogP contribution in [0.2, 0.25) is 0 Å². The Labute approximate surface area is 222 Å². The molecule has 0 bridgehead atoms. The normalized spacial score (nSPS) is 15.1. The summed E-state index contributed by atoms with van der Waals surface area (Å²) in [5, 5.41) is 3.17. The second kappa shape index (κ2) is 13.1. The van der Waals surface area contributed by atoms with E-state index in [-0.39, 0.29) is 24.4 Å². The van der Waals surface area contributed by atoms with E-state index in [1.54, 1.807) is 4.90 Å². The van der Waals surface area contributed by atoms with Gasteiger partial charge in [-0.05, 0) is 56.2 Å². The van der Waals surface area contributed by atoms with E-state index in [4.69, 9.17) is 0 Å². The highest BCUT2D eigenvalue weighted by Crippen LogP contribution is 2.27. The van der Waals surface area contributed by atoms with Crippen molar-refractivity contribution in [3.63, 3.8) is 0 Å². The van der Waals surface area contributed by atoms with E-state index in [1.165, 1.54) is 10.7 Å². The predicted octanol–water partition coefficient (Wildman–Crippen LogP) is 4.37. The minimum absolute atomic E-state index is 0.128. The van der Waals surface area contributed by atoms with E-state index in [0.29, 0.717) is 25.1 Å². The molecule has 1 aliphatic carbocycles. The van der Waals surface area contributed by atoms with Crippen molar-refractivity contribution in [2.24, 2.45) is 0 Å². The number of nitrogens with one attached hydrogen (secondary N) is 1. The van der Waals surface area contributed by atoms with Crippen LogP contribution in [-0.2, 0) is 26.0 Å². The fourth-order valence-electron chi connectivity index (χ4n) is 5.22. The number of benzene rings is 2. The van der Waals surface area contributed by atoms with Gasteiger partial charge in [0, 0.05) is 12.6 Å². The lowest BCUT2D eigenvalue weighted by Crippen LogP contribution is -2.54. The highest BCUT2D eigenvalue weighted by atomic mass is 32.2. The number of anilines is 1. The van der Waals surface area contributed by atoms with E-state index < -0.39 is 16.1 Å². The molecule has 1 atom stereocenters. The van der Waals surface area contributed by atoms with E-state index in [2.05, 4.69) is 5.32 Å². The lowest BCUT2D eigenvalue weighted by atomic mass is 9.95. The molecule has 3 rings (SSSR count). The Balaban J connectivity index is 1.89. The summed E-state index contributed by atoms with van der Waals surface area (Å²) in [4.78, 5) is 28.9. The molecule has 202 valence electrons. The highest BCUT2D eigenvalue weighted by molar-refractivity contribution is 7.92. The molecule has 1 aliphatic rings. The average Bonchev–Trinajstić information content (AvgIpc) is 2.86. The topological polar surface area (TPSA) is 86.8 Å². The highest BCUT2D eigenvalue weighted by Gasteiger charge is 2.33. The molecule has 2 aromatic carbocycles. The van der Waals surface area contributed by atoms with Gasteiger partial charge in [0.1, 0.15) is 12.6 Å². The molecule has 2 aromatic rings. The minimum atomic E-state index is -3.75. The number of carbonyl (C=O) groups is 2. The first kappa shape index (κ1) is 28.7. The van der Waals surface area contributed by atoms with Crippen molar-refractivity contribution in [3.05, 3.63) is 65.2 Å². The second-order valence-electron chi connectivity index (χ2n) is 10.1. The lowest BCUT2D eigenvalue weighted by Gasteiger charge is -2.34. The molecule has 7 nitrogen and oxygen atoms in total. The Morgan fingerprint density at radius 1 is 0.973 bits per heavy atom. The van der Waals surface area contributed by atoms with Gasteiger partial charge in [0.15, 0.2) is 0 Å². The smallest absolute Gasteiger partial charge is 0.244 e. The van der Waals surface area contributed by atoms with Gasteiger partial charge in [-0.25, -0.2) is 8.42 Å². The standard InChI is InChI=1S/C29H41N3O4S/c1-5-26(29(34)30-25-17-10-7-11-18-25)31(20-19-24-15-8-6-9-16-24)27(33)21-32(37(4,35)36)28-22(2)13-12-14-23(28)3/h6,8-9,12-16,25-26H,5,7,10-11,17-21H2,1-4H3,(H,30,34)/t26-/m1/s1. The van der Waals surface area contributed by atoms with Crippen molar-refractivity contribution < 1.29 is 18.0 Å². The molecule has 1 N–H and O–H groups in total. The van der Waals surface area contributed by atoms with Crippen molar-refractivity contribution in [3.8, 4) is 0 Å². The summed E-state index contributed by atoms with van der Waals surface area (Å²) in [6.07, 6.45) is 7.42. The van der Waals surface area contributed by atoms with Gasteiger partial charge in [-0.1, -0.05) is 74.7 Å². The van der Waals surface area contributed by atoms with E-state index >= 15 is 0 Å². The van der Waals surface area contributed by atoms with E-state index in [0.717, 1.165) is 48.6 Å². The van der Waals surface area contributed by atoms with Gasteiger partial charge in [0.05, 0.1) is 11.9 Å². The van der Waals surface area contributed by atoms with Gasteiger partial charge in [-0.3, -0.25) is 13.9 Å². The molecule has 0 aromatic heterocycles. The first-order chi connectivity index (χ1) is 17.6. The van der Waals surface area contributed by atoms with Crippen LogP contribution in [0.4, 0.5) is 5.69 Å². The maximum atomic E-state index is 13.9. The maximum Gasteiger partial charge on any atom is 0.244 e.